The van der Waals surface area contributed by atoms with Gasteiger partial charge in [-0.3, -0.25) is 0 Å². The van der Waals surface area contributed by atoms with Crippen molar-refractivity contribution in [3.05, 3.63) is 124 Å². The first-order chi connectivity index (χ1) is 13.9. The van der Waals surface area contributed by atoms with Crippen LogP contribution < -0.4 is 24.8 Å². The number of benzene rings is 4. The molecule has 0 aliphatic heterocycles. The predicted octanol–water partition coefficient (Wildman–Crippen LogP) is 1.95. The molecule has 0 N–H and O–H groups in total. The van der Waals surface area contributed by atoms with Crippen molar-refractivity contribution in [3.63, 3.8) is 0 Å². The van der Waals surface area contributed by atoms with E-state index in [0.29, 0.717) is 0 Å². The van der Waals surface area contributed by atoms with Crippen molar-refractivity contribution in [2.75, 3.05) is 0 Å². The van der Waals surface area contributed by atoms with Crippen molar-refractivity contribution in [2.45, 2.75) is 0 Å². The minimum absolute atomic E-state index is 0. The van der Waals surface area contributed by atoms with Crippen LogP contribution in [0.2, 0.25) is 0 Å². The SMILES string of the molecule is [CH3-].[CH3-].[Cl-].[Cl-].[Si]=[Ti+2].c1ccc2c(c1)ccc1[cH-]ccc12.c1ccc2c(c1)ccc1[cH-]ccc12. The molecule has 0 nitrogen and oxygen atoms in total. The topological polar surface area (TPSA) is 0 Å². The van der Waals surface area contributed by atoms with Gasteiger partial charge < -0.3 is 39.7 Å². The van der Waals surface area contributed by atoms with Gasteiger partial charge in [0, 0.05) is 0 Å². The zero-order valence-corrected chi connectivity index (χ0v) is 22.2. The second-order valence-electron chi connectivity index (χ2n) is 6.63. The Balaban J connectivity index is 0.000000500. The van der Waals surface area contributed by atoms with Crippen LogP contribution >= 0.6 is 0 Å². The number of hydrogen-bond donors (Lipinski definition) is 0. The standard InChI is InChI=1S/2C13H9.2CH3.2ClH.Si.Ti/c2*1-2-6-12-10(4-1)8-9-11-5-3-7-13(11)12;;;;;;/h2*1-9H;2*1H3;2*1H;;/q4*-1;;;;+2/p-2. The van der Waals surface area contributed by atoms with E-state index in [-0.39, 0.29) is 39.7 Å². The molecule has 162 valence electrons. The molecule has 0 aromatic heterocycles. The zero-order chi connectivity index (χ0) is 19.3. The summed E-state index contributed by atoms with van der Waals surface area (Å²) < 4.78 is 0. The molecule has 0 bridgehead atoms. The van der Waals surface area contributed by atoms with E-state index in [0.717, 1.165) is 0 Å². The third kappa shape index (κ3) is 6.13. The first-order valence-electron chi connectivity index (χ1n) is 9.21. The van der Waals surface area contributed by atoms with Crippen LogP contribution in [0.25, 0.3) is 43.1 Å². The third-order valence-electron chi connectivity index (χ3n) is 5.09. The van der Waals surface area contributed by atoms with Gasteiger partial charge >= 0.3 is 26.8 Å². The average Bonchev–Trinajstić information content (AvgIpc) is 3.45. The fraction of sp³-hybridized carbons (Fsp3) is 0. The molecular formula is C28H24Cl2SiTi-4. The Labute approximate surface area is 217 Å². The Hall–Kier alpha value is -1.87. The van der Waals surface area contributed by atoms with Gasteiger partial charge in [0.2, 0.25) is 0 Å². The molecule has 0 heterocycles. The third-order valence-corrected chi connectivity index (χ3v) is 5.09. The second kappa shape index (κ2) is 14.3. The van der Waals surface area contributed by atoms with E-state index < -0.39 is 0 Å². The summed E-state index contributed by atoms with van der Waals surface area (Å²) in [6, 6.07) is 38.6. The van der Waals surface area contributed by atoms with Gasteiger partial charge in [-0.15, -0.1) is 45.8 Å². The summed E-state index contributed by atoms with van der Waals surface area (Å²) in [5.74, 6) is 0. The van der Waals surface area contributed by atoms with Crippen LogP contribution in [0, 0.1) is 14.9 Å². The van der Waals surface area contributed by atoms with Crippen molar-refractivity contribution in [1.29, 1.82) is 0 Å². The minimum atomic E-state index is 0. The van der Waals surface area contributed by atoms with E-state index in [1.165, 1.54) is 43.1 Å². The van der Waals surface area contributed by atoms with Crippen LogP contribution in [0.1, 0.15) is 0 Å². The Morgan fingerprint density at radius 2 is 0.844 bits per heavy atom. The van der Waals surface area contributed by atoms with E-state index in [1.54, 1.807) is 19.2 Å². The number of fused-ring (bicyclic) bond motifs is 6. The molecule has 0 spiro atoms. The summed E-state index contributed by atoms with van der Waals surface area (Å²) in [5, 5.41) is 10.7. The van der Waals surface area contributed by atoms with Gasteiger partial charge in [-0.25, -0.2) is 0 Å². The van der Waals surface area contributed by atoms with Crippen molar-refractivity contribution < 1.29 is 44.0 Å². The molecule has 2 radical (unpaired) electrons. The molecular weight excluding hydrogens is 483 g/mol. The van der Waals surface area contributed by atoms with E-state index in [4.69, 9.17) is 0 Å². The van der Waals surface area contributed by atoms with Gasteiger partial charge in [-0.1, -0.05) is 71.4 Å². The summed E-state index contributed by atoms with van der Waals surface area (Å²) in [4.78, 5) is 0. The number of rotatable bonds is 0. The molecule has 4 heteroatoms. The quantitative estimate of drug-likeness (QED) is 0.218. The molecule has 0 saturated carbocycles. The minimum Gasteiger partial charge on any atom is -0.168 e. The van der Waals surface area contributed by atoms with E-state index in [2.05, 4.69) is 117 Å². The molecule has 0 aliphatic carbocycles. The fourth-order valence-electron chi connectivity index (χ4n) is 3.78. The molecule has 6 aromatic rings. The van der Waals surface area contributed by atoms with E-state index in [9.17, 15) is 0 Å². The molecule has 0 unspecified atom stereocenters. The largest absolute Gasteiger partial charge is 0.168 e. The Morgan fingerprint density at radius 3 is 1.25 bits per heavy atom. The summed E-state index contributed by atoms with van der Waals surface area (Å²) in [7, 11) is 2.97. The summed E-state index contributed by atoms with van der Waals surface area (Å²) >= 11 is 1.81. The maximum Gasteiger partial charge on any atom is -0.0370 e. The molecule has 0 saturated heterocycles. The Kier molecular flexibility index (Phi) is 13.5. The van der Waals surface area contributed by atoms with Crippen LogP contribution in [0.3, 0.4) is 0 Å². The maximum atomic E-state index is 2.97. The van der Waals surface area contributed by atoms with Gasteiger partial charge in [-0.2, -0.15) is 24.3 Å². The summed E-state index contributed by atoms with van der Waals surface area (Å²) in [5.41, 5.74) is 0. The van der Waals surface area contributed by atoms with Gasteiger partial charge in [-0.05, 0) is 10.8 Å². The van der Waals surface area contributed by atoms with Gasteiger partial charge in [0.15, 0.2) is 0 Å². The van der Waals surface area contributed by atoms with Gasteiger partial charge in [0.1, 0.15) is 0 Å². The van der Waals surface area contributed by atoms with Crippen LogP contribution in [0.15, 0.2) is 109 Å². The monoisotopic (exact) mass is 506 g/mol. The van der Waals surface area contributed by atoms with E-state index >= 15 is 0 Å². The molecule has 0 amide bonds. The maximum absolute atomic E-state index is 2.97. The summed E-state index contributed by atoms with van der Waals surface area (Å²) in [6.07, 6.45) is 0. The smallest absolute Gasteiger partial charge is 0.0370 e. The van der Waals surface area contributed by atoms with Crippen LogP contribution in [-0.4, -0.2) is 7.63 Å². The first kappa shape index (κ1) is 30.1. The molecule has 6 rings (SSSR count). The Morgan fingerprint density at radius 1 is 0.469 bits per heavy atom. The first-order valence-corrected chi connectivity index (χ1v) is 12.1. The number of hydrogen-bond acceptors (Lipinski definition) is 0. The van der Waals surface area contributed by atoms with Crippen molar-refractivity contribution in [3.8, 4) is 0 Å². The molecule has 0 fully saturated rings. The molecule has 0 atom stereocenters. The second-order valence-corrected chi connectivity index (χ2v) is 6.63. The zero-order valence-electron chi connectivity index (χ0n) is 18.1. The van der Waals surface area contributed by atoms with Crippen molar-refractivity contribution in [2.24, 2.45) is 0 Å². The van der Waals surface area contributed by atoms with E-state index in [1.807, 2.05) is 0 Å². The predicted molar refractivity (Wildman–Crippen MR) is 133 cm³/mol. The van der Waals surface area contributed by atoms with Gasteiger partial charge in [0.25, 0.3) is 0 Å². The van der Waals surface area contributed by atoms with Crippen molar-refractivity contribution >= 4 is 50.7 Å². The normalized spacial score (nSPS) is 9.19. The molecule has 6 aromatic carbocycles. The number of halogens is 2. The molecule has 0 aliphatic rings. The summed E-state index contributed by atoms with van der Waals surface area (Å²) in [6.45, 7) is 0. The average molecular weight is 507 g/mol. The fourth-order valence-corrected chi connectivity index (χ4v) is 3.78. The van der Waals surface area contributed by atoms with Crippen LogP contribution in [0.5, 0.6) is 0 Å². The van der Waals surface area contributed by atoms with Crippen LogP contribution in [0.4, 0.5) is 0 Å². The molecule has 32 heavy (non-hydrogen) atoms. The van der Waals surface area contributed by atoms with Gasteiger partial charge in [0.05, 0.1) is 0 Å². The van der Waals surface area contributed by atoms with Crippen LogP contribution in [-0.2, 0) is 19.2 Å². The van der Waals surface area contributed by atoms with Crippen molar-refractivity contribution in [1.82, 2.24) is 0 Å². The Bertz CT molecular complexity index is 1260.